The van der Waals surface area contributed by atoms with Crippen molar-refractivity contribution in [3.05, 3.63) is 39.9 Å². The third kappa shape index (κ3) is 2.51. The normalized spacial score (nSPS) is 28.1. The van der Waals surface area contributed by atoms with E-state index in [0.717, 1.165) is 26.1 Å². The van der Waals surface area contributed by atoms with Gasteiger partial charge >= 0.3 is 5.97 Å². The van der Waals surface area contributed by atoms with E-state index in [2.05, 4.69) is 0 Å². The summed E-state index contributed by atoms with van der Waals surface area (Å²) in [4.78, 5) is 22.0. The number of nitrogens with zero attached hydrogens (tertiary/aromatic N) is 1. The molecule has 0 bridgehead atoms. The Morgan fingerprint density at radius 1 is 1.20 bits per heavy atom. The SMILES string of the molecule is O=C(OC1C[C@H]2COC[C@H]2C1)c1ccc([N+](=O)[O-])cc1. The molecule has 3 rings (SSSR count). The molecule has 3 atom stereocenters. The van der Waals surface area contributed by atoms with Crippen LogP contribution in [0.3, 0.4) is 0 Å². The summed E-state index contributed by atoms with van der Waals surface area (Å²) in [5.74, 6) is 0.597. The summed E-state index contributed by atoms with van der Waals surface area (Å²) in [6, 6.07) is 5.49. The van der Waals surface area contributed by atoms with E-state index < -0.39 is 10.9 Å². The van der Waals surface area contributed by atoms with Gasteiger partial charge < -0.3 is 9.47 Å². The van der Waals surface area contributed by atoms with E-state index >= 15 is 0 Å². The molecular weight excluding hydrogens is 262 g/mol. The number of ether oxygens (including phenoxy) is 2. The number of carbonyl (C=O) groups is 1. The number of benzene rings is 1. The van der Waals surface area contributed by atoms with Gasteiger partial charge in [0.15, 0.2) is 0 Å². The van der Waals surface area contributed by atoms with Gasteiger partial charge in [0, 0.05) is 25.3 Å². The van der Waals surface area contributed by atoms with Crippen LogP contribution in [0.15, 0.2) is 24.3 Å². The molecule has 6 heteroatoms. The minimum atomic E-state index is -0.493. The Morgan fingerprint density at radius 2 is 1.80 bits per heavy atom. The van der Waals surface area contributed by atoms with Gasteiger partial charge in [0.2, 0.25) is 0 Å². The van der Waals surface area contributed by atoms with Crippen molar-refractivity contribution in [2.45, 2.75) is 18.9 Å². The Kier molecular flexibility index (Phi) is 3.40. The monoisotopic (exact) mass is 277 g/mol. The zero-order valence-electron chi connectivity index (χ0n) is 10.9. The third-order valence-corrected chi connectivity index (χ3v) is 4.05. The van der Waals surface area contributed by atoms with Gasteiger partial charge in [0.1, 0.15) is 6.10 Å². The highest BCUT2D eigenvalue weighted by molar-refractivity contribution is 5.89. The standard InChI is InChI=1S/C14H15NO5/c16-14(9-1-3-12(4-2-9)15(17)18)20-13-5-10-7-19-8-11(10)6-13/h1-4,10-11,13H,5-8H2/t10-,11+,13?. The fourth-order valence-corrected chi connectivity index (χ4v) is 2.97. The second-order valence-electron chi connectivity index (χ2n) is 5.36. The average Bonchev–Trinajstić information content (AvgIpc) is 2.99. The summed E-state index contributed by atoms with van der Waals surface area (Å²) in [6.07, 6.45) is 1.64. The molecule has 1 aromatic rings. The van der Waals surface area contributed by atoms with Crippen LogP contribution in [0.4, 0.5) is 5.69 Å². The van der Waals surface area contributed by atoms with Gasteiger partial charge in [-0.05, 0) is 36.8 Å². The largest absolute Gasteiger partial charge is 0.459 e. The predicted octanol–water partition coefficient (Wildman–Crippen LogP) is 2.18. The number of esters is 1. The van der Waals surface area contributed by atoms with Crippen LogP contribution in [0, 0.1) is 22.0 Å². The fraction of sp³-hybridized carbons (Fsp3) is 0.500. The Hall–Kier alpha value is -1.95. The molecule has 1 saturated carbocycles. The second kappa shape index (κ2) is 5.20. The quantitative estimate of drug-likeness (QED) is 0.480. The van der Waals surface area contributed by atoms with Crippen molar-refractivity contribution in [3.8, 4) is 0 Å². The minimum absolute atomic E-state index is 0.0332. The van der Waals surface area contributed by atoms with E-state index in [1.54, 1.807) is 0 Å². The van der Waals surface area contributed by atoms with Gasteiger partial charge in [0.25, 0.3) is 5.69 Å². The molecule has 2 aliphatic rings. The Labute approximate surface area is 115 Å². The molecule has 6 nitrogen and oxygen atoms in total. The van der Waals surface area contributed by atoms with Gasteiger partial charge in [0.05, 0.1) is 10.5 Å². The van der Waals surface area contributed by atoms with Crippen molar-refractivity contribution < 1.29 is 19.2 Å². The average molecular weight is 277 g/mol. The first-order chi connectivity index (χ1) is 9.63. The Bertz CT molecular complexity index is 515. The number of hydrogen-bond acceptors (Lipinski definition) is 5. The van der Waals surface area contributed by atoms with Crippen LogP contribution >= 0.6 is 0 Å². The molecule has 1 aromatic carbocycles. The van der Waals surface area contributed by atoms with Crippen molar-refractivity contribution in [1.29, 1.82) is 0 Å². The maximum absolute atomic E-state index is 12.0. The molecule has 0 spiro atoms. The highest BCUT2D eigenvalue weighted by Gasteiger charge is 2.40. The molecule has 2 fully saturated rings. The molecule has 0 radical (unpaired) electrons. The van der Waals surface area contributed by atoms with Gasteiger partial charge in [-0.15, -0.1) is 0 Å². The second-order valence-corrected chi connectivity index (χ2v) is 5.36. The first-order valence-corrected chi connectivity index (χ1v) is 6.66. The summed E-state index contributed by atoms with van der Waals surface area (Å²) < 4.78 is 10.9. The summed E-state index contributed by atoms with van der Waals surface area (Å²) >= 11 is 0. The minimum Gasteiger partial charge on any atom is -0.459 e. The molecule has 1 heterocycles. The topological polar surface area (TPSA) is 78.7 Å². The van der Waals surface area contributed by atoms with Crippen LogP contribution in [0.2, 0.25) is 0 Å². The Balaban J connectivity index is 1.60. The van der Waals surface area contributed by atoms with Crippen LogP contribution in [0.25, 0.3) is 0 Å². The van der Waals surface area contributed by atoms with Crippen LogP contribution in [0.5, 0.6) is 0 Å². The van der Waals surface area contributed by atoms with Crippen LogP contribution in [-0.2, 0) is 9.47 Å². The first-order valence-electron chi connectivity index (χ1n) is 6.66. The summed E-state index contributed by atoms with van der Waals surface area (Å²) in [5.41, 5.74) is 0.318. The van der Waals surface area contributed by atoms with Crippen molar-refractivity contribution in [2.24, 2.45) is 11.8 Å². The molecule has 0 amide bonds. The first kappa shape index (κ1) is 13.1. The zero-order valence-corrected chi connectivity index (χ0v) is 10.9. The summed E-state index contributed by atoms with van der Waals surface area (Å²) in [6.45, 7) is 1.52. The molecule has 0 aromatic heterocycles. The van der Waals surface area contributed by atoms with Gasteiger partial charge in [-0.1, -0.05) is 0 Å². The van der Waals surface area contributed by atoms with Gasteiger partial charge in [-0.2, -0.15) is 0 Å². The maximum Gasteiger partial charge on any atom is 0.338 e. The number of nitro benzene ring substituents is 1. The summed E-state index contributed by atoms with van der Waals surface area (Å²) in [7, 11) is 0. The van der Waals surface area contributed by atoms with E-state index in [1.807, 2.05) is 0 Å². The van der Waals surface area contributed by atoms with Crippen molar-refractivity contribution >= 4 is 11.7 Å². The number of fused-ring (bicyclic) bond motifs is 1. The molecule has 1 unspecified atom stereocenters. The Morgan fingerprint density at radius 3 is 2.35 bits per heavy atom. The van der Waals surface area contributed by atoms with Gasteiger partial charge in [-0.3, -0.25) is 10.1 Å². The third-order valence-electron chi connectivity index (χ3n) is 4.05. The van der Waals surface area contributed by atoms with Gasteiger partial charge in [-0.25, -0.2) is 4.79 Å². The number of non-ortho nitro benzene ring substituents is 1. The molecule has 1 aliphatic heterocycles. The van der Waals surface area contributed by atoms with E-state index in [0.29, 0.717) is 17.4 Å². The number of carbonyl (C=O) groups excluding carboxylic acids is 1. The lowest BCUT2D eigenvalue weighted by Crippen LogP contribution is -2.16. The molecule has 106 valence electrons. The van der Waals surface area contributed by atoms with Crippen molar-refractivity contribution in [3.63, 3.8) is 0 Å². The smallest absolute Gasteiger partial charge is 0.338 e. The van der Waals surface area contributed by atoms with E-state index in [9.17, 15) is 14.9 Å². The van der Waals surface area contributed by atoms with Crippen molar-refractivity contribution in [2.75, 3.05) is 13.2 Å². The molecule has 20 heavy (non-hydrogen) atoms. The zero-order chi connectivity index (χ0) is 14.1. The van der Waals surface area contributed by atoms with E-state index in [-0.39, 0.29) is 11.8 Å². The molecule has 0 N–H and O–H groups in total. The fourth-order valence-electron chi connectivity index (χ4n) is 2.97. The lowest BCUT2D eigenvalue weighted by atomic mass is 10.0. The molecular formula is C14H15NO5. The predicted molar refractivity (Wildman–Crippen MR) is 69.3 cm³/mol. The van der Waals surface area contributed by atoms with Crippen LogP contribution in [-0.4, -0.2) is 30.2 Å². The van der Waals surface area contributed by atoms with Crippen LogP contribution < -0.4 is 0 Å². The van der Waals surface area contributed by atoms with Crippen LogP contribution in [0.1, 0.15) is 23.2 Å². The number of nitro groups is 1. The highest BCUT2D eigenvalue weighted by atomic mass is 16.6. The van der Waals surface area contributed by atoms with E-state index in [4.69, 9.17) is 9.47 Å². The highest BCUT2D eigenvalue weighted by Crippen LogP contribution is 2.38. The lowest BCUT2D eigenvalue weighted by Gasteiger charge is -2.13. The number of hydrogen-bond donors (Lipinski definition) is 0. The molecule has 1 aliphatic carbocycles. The van der Waals surface area contributed by atoms with Crippen molar-refractivity contribution in [1.82, 2.24) is 0 Å². The summed E-state index contributed by atoms with van der Waals surface area (Å²) in [5, 5.41) is 10.5. The maximum atomic E-state index is 12.0. The number of rotatable bonds is 3. The lowest BCUT2D eigenvalue weighted by molar-refractivity contribution is -0.384. The van der Waals surface area contributed by atoms with E-state index in [1.165, 1.54) is 24.3 Å². The molecule has 1 saturated heterocycles.